The summed E-state index contributed by atoms with van der Waals surface area (Å²) in [5.41, 5.74) is 5.68. The van der Waals surface area contributed by atoms with E-state index in [1.807, 2.05) is 0 Å². The number of hydrogen-bond donors (Lipinski definition) is 1. The lowest BCUT2D eigenvalue weighted by atomic mass is 9.82. The molecule has 1 aliphatic carbocycles. The van der Waals surface area contributed by atoms with Gasteiger partial charge < -0.3 is 5.32 Å². The minimum Gasteiger partial charge on any atom is -0.317 e. The van der Waals surface area contributed by atoms with Crippen LogP contribution in [0.1, 0.15) is 53.6 Å². The second-order valence-electron chi connectivity index (χ2n) is 6.72. The maximum Gasteiger partial charge on any atom is 0.0441 e. The van der Waals surface area contributed by atoms with Gasteiger partial charge in [0, 0.05) is 23.2 Å². The Labute approximate surface area is 133 Å². The fourth-order valence-electron chi connectivity index (χ4n) is 3.99. The van der Waals surface area contributed by atoms with Crippen LogP contribution in [-0.2, 0) is 12.8 Å². The van der Waals surface area contributed by atoms with Crippen molar-refractivity contribution in [3.8, 4) is 0 Å². The van der Waals surface area contributed by atoms with Crippen LogP contribution in [-0.4, -0.2) is 18.1 Å². The average molecular weight is 292 g/mol. The van der Waals surface area contributed by atoms with Gasteiger partial charge in [0.05, 0.1) is 0 Å². The molecule has 0 bridgehead atoms. The smallest absolute Gasteiger partial charge is 0.0441 e. The van der Waals surface area contributed by atoms with Crippen LogP contribution in [0.25, 0.3) is 0 Å². The van der Waals surface area contributed by atoms with Crippen molar-refractivity contribution >= 4 is 0 Å². The van der Waals surface area contributed by atoms with E-state index in [2.05, 4.69) is 47.8 Å². The number of nitrogens with one attached hydrogen (secondary N) is 1. The molecule has 22 heavy (non-hydrogen) atoms. The number of aromatic nitrogens is 1. The number of pyridine rings is 1. The van der Waals surface area contributed by atoms with E-state index in [0.717, 1.165) is 19.5 Å². The van der Waals surface area contributed by atoms with E-state index in [-0.39, 0.29) is 0 Å². The Kier molecular flexibility index (Phi) is 3.94. The highest BCUT2D eigenvalue weighted by atomic mass is 14.9. The summed E-state index contributed by atoms with van der Waals surface area (Å²) in [5, 5.41) is 3.45. The summed E-state index contributed by atoms with van der Waals surface area (Å²) in [5.74, 6) is 1.24. The van der Waals surface area contributed by atoms with Gasteiger partial charge >= 0.3 is 0 Å². The van der Waals surface area contributed by atoms with Crippen LogP contribution in [0.5, 0.6) is 0 Å². The SMILES string of the molecule is c1cc(C2CCNCC2)nc(C2CCc3ccccc3C2)c1. The lowest BCUT2D eigenvalue weighted by molar-refractivity contribution is 0.450. The molecule has 1 fully saturated rings. The minimum atomic E-state index is 0.594. The van der Waals surface area contributed by atoms with E-state index in [0.29, 0.717) is 11.8 Å². The van der Waals surface area contributed by atoms with Crippen molar-refractivity contribution in [1.29, 1.82) is 0 Å². The number of aryl methyl sites for hydroxylation is 1. The molecule has 0 saturated carbocycles. The first-order valence-electron chi connectivity index (χ1n) is 8.64. The fourth-order valence-corrected chi connectivity index (χ4v) is 3.99. The zero-order valence-electron chi connectivity index (χ0n) is 13.1. The number of fused-ring (bicyclic) bond motifs is 1. The summed E-state index contributed by atoms with van der Waals surface area (Å²) in [4.78, 5) is 5.07. The second-order valence-corrected chi connectivity index (χ2v) is 6.72. The monoisotopic (exact) mass is 292 g/mol. The highest BCUT2D eigenvalue weighted by molar-refractivity contribution is 5.32. The third kappa shape index (κ3) is 2.80. The molecule has 1 N–H and O–H groups in total. The van der Waals surface area contributed by atoms with E-state index >= 15 is 0 Å². The number of hydrogen-bond acceptors (Lipinski definition) is 2. The van der Waals surface area contributed by atoms with Crippen molar-refractivity contribution < 1.29 is 0 Å². The summed E-state index contributed by atoms with van der Waals surface area (Å²) < 4.78 is 0. The fraction of sp³-hybridized carbons (Fsp3) is 0.450. The molecule has 2 heterocycles. The van der Waals surface area contributed by atoms with Gasteiger partial charge in [-0.25, -0.2) is 0 Å². The van der Waals surface area contributed by atoms with Gasteiger partial charge in [0.2, 0.25) is 0 Å². The van der Waals surface area contributed by atoms with Crippen LogP contribution >= 0.6 is 0 Å². The quantitative estimate of drug-likeness (QED) is 0.910. The van der Waals surface area contributed by atoms with E-state index in [1.54, 1.807) is 0 Å². The Balaban J connectivity index is 1.56. The summed E-state index contributed by atoms with van der Waals surface area (Å²) in [6.07, 6.45) is 6.03. The maximum atomic E-state index is 5.07. The number of nitrogens with zero attached hydrogens (tertiary/aromatic N) is 1. The first-order valence-corrected chi connectivity index (χ1v) is 8.64. The molecule has 1 saturated heterocycles. The zero-order valence-corrected chi connectivity index (χ0v) is 13.1. The van der Waals surface area contributed by atoms with Gasteiger partial charge in [0.25, 0.3) is 0 Å². The van der Waals surface area contributed by atoms with Crippen LogP contribution in [0.2, 0.25) is 0 Å². The van der Waals surface area contributed by atoms with Crippen LogP contribution in [0, 0.1) is 0 Å². The predicted octanol–water partition coefficient (Wildman–Crippen LogP) is 3.82. The Morgan fingerprint density at radius 1 is 0.773 bits per heavy atom. The van der Waals surface area contributed by atoms with Crippen LogP contribution < -0.4 is 5.32 Å². The molecule has 4 rings (SSSR count). The lowest BCUT2D eigenvalue weighted by Gasteiger charge is -2.26. The standard InChI is InChI=1S/C20H24N2/c1-2-5-17-14-18(9-8-15(17)4-1)20-7-3-6-19(22-20)16-10-12-21-13-11-16/h1-7,16,18,21H,8-14H2. The first-order chi connectivity index (χ1) is 10.9. The Morgan fingerprint density at radius 3 is 2.32 bits per heavy atom. The number of piperidine rings is 1. The Morgan fingerprint density at radius 2 is 1.50 bits per heavy atom. The van der Waals surface area contributed by atoms with Gasteiger partial charge in [-0.05, 0) is 68.5 Å². The van der Waals surface area contributed by atoms with E-state index in [9.17, 15) is 0 Å². The average Bonchev–Trinajstić information content (AvgIpc) is 2.62. The Bertz CT molecular complexity index is 644. The van der Waals surface area contributed by atoms with Crippen molar-refractivity contribution in [3.63, 3.8) is 0 Å². The first kappa shape index (κ1) is 14.0. The van der Waals surface area contributed by atoms with E-state index in [1.165, 1.54) is 48.2 Å². The molecule has 1 aromatic carbocycles. The number of rotatable bonds is 2. The molecular weight excluding hydrogens is 268 g/mol. The molecule has 114 valence electrons. The summed E-state index contributed by atoms with van der Waals surface area (Å²) in [6.45, 7) is 2.26. The largest absolute Gasteiger partial charge is 0.317 e. The minimum absolute atomic E-state index is 0.594. The van der Waals surface area contributed by atoms with Gasteiger partial charge in [-0.15, -0.1) is 0 Å². The van der Waals surface area contributed by atoms with Crippen LogP contribution in [0.15, 0.2) is 42.5 Å². The third-order valence-electron chi connectivity index (χ3n) is 5.31. The summed E-state index contributed by atoms with van der Waals surface area (Å²) in [7, 11) is 0. The molecule has 0 radical (unpaired) electrons. The van der Waals surface area contributed by atoms with Gasteiger partial charge in [-0.1, -0.05) is 30.3 Å². The maximum absolute atomic E-state index is 5.07. The van der Waals surface area contributed by atoms with Gasteiger partial charge in [-0.2, -0.15) is 0 Å². The van der Waals surface area contributed by atoms with Crippen molar-refractivity contribution in [2.24, 2.45) is 0 Å². The Hall–Kier alpha value is -1.67. The summed E-state index contributed by atoms with van der Waals surface area (Å²) >= 11 is 0. The highest BCUT2D eigenvalue weighted by Gasteiger charge is 2.22. The second kappa shape index (κ2) is 6.21. The zero-order chi connectivity index (χ0) is 14.8. The normalized spacial score (nSPS) is 22.3. The van der Waals surface area contributed by atoms with Crippen LogP contribution in [0.3, 0.4) is 0 Å². The van der Waals surface area contributed by atoms with Crippen molar-refractivity contribution in [2.45, 2.75) is 43.9 Å². The molecule has 1 aromatic heterocycles. The lowest BCUT2D eigenvalue weighted by Crippen LogP contribution is -2.27. The van der Waals surface area contributed by atoms with Crippen molar-refractivity contribution in [3.05, 3.63) is 65.0 Å². The van der Waals surface area contributed by atoms with Crippen LogP contribution in [0.4, 0.5) is 0 Å². The summed E-state index contributed by atoms with van der Waals surface area (Å²) in [6, 6.07) is 15.6. The molecule has 1 unspecified atom stereocenters. The van der Waals surface area contributed by atoms with Gasteiger partial charge in [0.1, 0.15) is 0 Å². The van der Waals surface area contributed by atoms with Gasteiger partial charge in [-0.3, -0.25) is 4.98 Å². The third-order valence-corrected chi connectivity index (χ3v) is 5.31. The predicted molar refractivity (Wildman–Crippen MR) is 90.3 cm³/mol. The molecule has 1 aliphatic heterocycles. The molecule has 2 nitrogen and oxygen atoms in total. The van der Waals surface area contributed by atoms with Crippen molar-refractivity contribution in [1.82, 2.24) is 10.3 Å². The molecule has 2 heteroatoms. The van der Waals surface area contributed by atoms with E-state index < -0.39 is 0 Å². The molecule has 2 aromatic rings. The van der Waals surface area contributed by atoms with Crippen molar-refractivity contribution in [2.75, 3.05) is 13.1 Å². The number of benzene rings is 1. The molecule has 1 atom stereocenters. The van der Waals surface area contributed by atoms with Gasteiger partial charge in [0.15, 0.2) is 0 Å². The van der Waals surface area contributed by atoms with E-state index in [4.69, 9.17) is 4.98 Å². The highest BCUT2D eigenvalue weighted by Crippen LogP contribution is 2.33. The molecule has 0 spiro atoms. The molecule has 0 amide bonds. The molecular formula is C20H24N2. The molecule has 2 aliphatic rings. The topological polar surface area (TPSA) is 24.9 Å².